The van der Waals surface area contributed by atoms with Crippen molar-refractivity contribution in [2.75, 3.05) is 31.5 Å². The molecule has 1 aliphatic heterocycles. The lowest BCUT2D eigenvalue weighted by molar-refractivity contribution is -0.156. The second kappa shape index (κ2) is 9.64. The Hall–Kier alpha value is -4.01. The van der Waals surface area contributed by atoms with E-state index in [1.807, 2.05) is 30.3 Å². The molecule has 170 valence electrons. The van der Waals surface area contributed by atoms with Crippen molar-refractivity contribution < 1.29 is 18.8 Å². The summed E-state index contributed by atoms with van der Waals surface area (Å²) >= 11 is 0. The van der Waals surface area contributed by atoms with E-state index in [9.17, 15) is 18.8 Å². The Kier molecular flexibility index (Phi) is 6.48. The molecule has 9 heteroatoms. The summed E-state index contributed by atoms with van der Waals surface area (Å²) in [5, 5.41) is 2.85. The normalized spacial score (nSPS) is 14.0. The van der Waals surface area contributed by atoms with E-state index in [0.29, 0.717) is 43.3 Å². The molecule has 1 fully saturated rings. The van der Waals surface area contributed by atoms with Gasteiger partial charge in [-0.05, 0) is 36.8 Å². The maximum atomic E-state index is 13.4. The predicted molar refractivity (Wildman–Crippen MR) is 121 cm³/mol. The average Bonchev–Trinajstić information content (AvgIpc) is 3.20. The van der Waals surface area contributed by atoms with Gasteiger partial charge in [-0.15, -0.1) is 0 Å². The van der Waals surface area contributed by atoms with Crippen LogP contribution in [0.25, 0.3) is 11.3 Å². The van der Waals surface area contributed by atoms with Gasteiger partial charge in [0.25, 0.3) is 0 Å². The van der Waals surface area contributed by atoms with Crippen molar-refractivity contribution in [2.45, 2.75) is 13.5 Å². The number of nitrogens with one attached hydrogen (secondary N) is 1. The summed E-state index contributed by atoms with van der Waals surface area (Å²) in [6, 6.07) is 15.5. The fourth-order valence-corrected chi connectivity index (χ4v) is 3.74. The monoisotopic (exact) mass is 449 g/mol. The van der Waals surface area contributed by atoms with Crippen molar-refractivity contribution in [3.05, 3.63) is 72.3 Å². The number of anilines is 1. The summed E-state index contributed by atoms with van der Waals surface area (Å²) in [4.78, 5) is 44.6. The van der Waals surface area contributed by atoms with Crippen LogP contribution in [-0.4, -0.2) is 63.3 Å². The molecule has 0 atom stereocenters. The van der Waals surface area contributed by atoms with Gasteiger partial charge in [-0.1, -0.05) is 30.3 Å². The van der Waals surface area contributed by atoms with Gasteiger partial charge < -0.3 is 19.7 Å². The van der Waals surface area contributed by atoms with Crippen LogP contribution >= 0.6 is 0 Å². The molecule has 2 heterocycles. The zero-order valence-corrected chi connectivity index (χ0v) is 18.2. The van der Waals surface area contributed by atoms with E-state index in [0.717, 1.165) is 5.56 Å². The molecule has 0 bridgehead atoms. The highest BCUT2D eigenvalue weighted by atomic mass is 19.1. The number of piperazine rings is 1. The van der Waals surface area contributed by atoms with Crippen molar-refractivity contribution >= 4 is 23.5 Å². The third-order valence-electron chi connectivity index (χ3n) is 5.52. The van der Waals surface area contributed by atoms with Crippen LogP contribution in [0.4, 0.5) is 10.2 Å². The molecule has 0 spiro atoms. The number of carbonyl (C=O) groups excluding carboxylic acids is 3. The molecule has 0 saturated carbocycles. The van der Waals surface area contributed by atoms with Crippen LogP contribution in [0.1, 0.15) is 12.5 Å². The van der Waals surface area contributed by atoms with Crippen molar-refractivity contribution in [1.82, 2.24) is 19.4 Å². The molecule has 1 saturated heterocycles. The number of halogens is 1. The Balaban J connectivity index is 1.57. The number of benzene rings is 2. The molecule has 1 N–H and O–H groups in total. The molecule has 0 radical (unpaired) electrons. The largest absolute Gasteiger partial charge is 0.333 e. The van der Waals surface area contributed by atoms with E-state index in [1.165, 1.54) is 21.9 Å². The van der Waals surface area contributed by atoms with Crippen molar-refractivity contribution in [2.24, 2.45) is 0 Å². The quantitative estimate of drug-likeness (QED) is 0.561. The third-order valence-corrected chi connectivity index (χ3v) is 5.52. The van der Waals surface area contributed by atoms with Crippen LogP contribution in [0.2, 0.25) is 0 Å². The van der Waals surface area contributed by atoms with Crippen molar-refractivity contribution in [3.63, 3.8) is 0 Å². The number of aromatic nitrogens is 2. The maximum Gasteiger partial charge on any atom is 0.312 e. The molecule has 33 heavy (non-hydrogen) atoms. The Morgan fingerprint density at radius 2 is 1.67 bits per heavy atom. The number of nitrogens with zero attached hydrogens (tertiary/aromatic N) is 4. The van der Waals surface area contributed by atoms with E-state index < -0.39 is 17.7 Å². The van der Waals surface area contributed by atoms with Gasteiger partial charge in [-0.25, -0.2) is 9.37 Å². The molecule has 1 aromatic heterocycles. The zero-order valence-electron chi connectivity index (χ0n) is 18.2. The molecule has 2 aromatic carbocycles. The second-order valence-corrected chi connectivity index (χ2v) is 7.72. The van der Waals surface area contributed by atoms with E-state index >= 15 is 0 Å². The average molecular weight is 449 g/mol. The Morgan fingerprint density at radius 3 is 2.36 bits per heavy atom. The van der Waals surface area contributed by atoms with Gasteiger partial charge in [0.05, 0.1) is 12.9 Å². The topological polar surface area (TPSA) is 87.5 Å². The number of rotatable bonds is 7. The van der Waals surface area contributed by atoms with Crippen LogP contribution in [0.15, 0.2) is 60.9 Å². The van der Waals surface area contributed by atoms with Gasteiger partial charge in [-0.2, -0.15) is 0 Å². The van der Waals surface area contributed by atoms with Crippen molar-refractivity contribution in [1.29, 1.82) is 0 Å². The standard InChI is InChI=1S/C24H24FN5O3/c1-2-28-12-13-29(24(33)23(28)32)15-20(31)27-22-21(18-8-10-19(25)11-9-18)26-16-30(22)14-17-6-4-3-5-7-17/h3-11,16H,2,12-15H2,1H3,(H,27,31). The summed E-state index contributed by atoms with van der Waals surface area (Å²) < 4.78 is 15.2. The molecular formula is C24H24FN5O3. The Bertz CT molecular complexity index is 1160. The van der Waals surface area contributed by atoms with Gasteiger partial charge in [0.1, 0.15) is 23.9 Å². The van der Waals surface area contributed by atoms with E-state index in [1.54, 1.807) is 30.0 Å². The smallest absolute Gasteiger partial charge is 0.312 e. The minimum absolute atomic E-state index is 0.249. The van der Waals surface area contributed by atoms with Gasteiger partial charge in [0.2, 0.25) is 5.91 Å². The number of hydrogen-bond donors (Lipinski definition) is 1. The van der Waals surface area contributed by atoms with Crippen LogP contribution in [0.5, 0.6) is 0 Å². The molecule has 0 unspecified atom stereocenters. The van der Waals surface area contributed by atoms with Crippen LogP contribution in [0.3, 0.4) is 0 Å². The minimum Gasteiger partial charge on any atom is -0.333 e. The molecular weight excluding hydrogens is 425 g/mol. The van der Waals surface area contributed by atoms with Crippen LogP contribution in [-0.2, 0) is 20.9 Å². The van der Waals surface area contributed by atoms with E-state index in [2.05, 4.69) is 10.3 Å². The first-order valence-electron chi connectivity index (χ1n) is 10.7. The number of hydrogen-bond acceptors (Lipinski definition) is 4. The van der Waals surface area contributed by atoms with Crippen LogP contribution in [0, 0.1) is 5.82 Å². The summed E-state index contributed by atoms with van der Waals surface area (Å²) in [5.74, 6) is -1.67. The summed E-state index contributed by atoms with van der Waals surface area (Å²) in [6.45, 7) is 3.14. The lowest BCUT2D eigenvalue weighted by Crippen LogP contribution is -2.55. The number of likely N-dealkylation sites (N-methyl/N-ethyl adjacent to an activating group) is 1. The summed E-state index contributed by atoms with van der Waals surface area (Å²) in [7, 11) is 0. The maximum absolute atomic E-state index is 13.4. The number of amides is 3. The first-order chi connectivity index (χ1) is 16.0. The zero-order chi connectivity index (χ0) is 23.4. The van der Waals surface area contributed by atoms with Crippen molar-refractivity contribution in [3.8, 4) is 11.3 Å². The lowest BCUT2D eigenvalue weighted by atomic mass is 10.1. The highest BCUT2D eigenvalue weighted by molar-refractivity contribution is 6.35. The first-order valence-corrected chi connectivity index (χ1v) is 10.7. The Labute approximate surface area is 190 Å². The van der Waals surface area contributed by atoms with E-state index in [4.69, 9.17) is 0 Å². The van der Waals surface area contributed by atoms with Gasteiger partial charge in [0.15, 0.2) is 0 Å². The molecule has 4 rings (SSSR count). The fraction of sp³-hybridized carbons (Fsp3) is 0.250. The molecule has 0 aliphatic carbocycles. The number of carbonyl (C=O) groups is 3. The highest BCUT2D eigenvalue weighted by Crippen LogP contribution is 2.28. The molecule has 3 amide bonds. The lowest BCUT2D eigenvalue weighted by Gasteiger charge is -2.32. The highest BCUT2D eigenvalue weighted by Gasteiger charge is 2.32. The first kappa shape index (κ1) is 22.2. The fourth-order valence-electron chi connectivity index (χ4n) is 3.74. The molecule has 3 aromatic rings. The Morgan fingerprint density at radius 1 is 1.00 bits per heavy atom. The second-order valence-electron chi connectivity index (χ2n) is 7.72. The van der Waals surface area contributed by atoms with Crippen LogP contribution < -0.4 is 5.32 Å². The molecule has 1 aliphatic rings. The SMILES string of the molecule is CCN1CCN(CC(=O)Nc2c(-c3ccc(F)cc3)ncn2Cc2ccccc2)C(=O)C1=O. The van der Waals surface area contributed by atoms with E-state index in [-0.39, 0.29) is 12.4 Å². The predicted octanol–water partition coefficient (Wildman–Crippen LogP) is 2.37. The summed E-state index contributed by atoms with van der Waals surface area (Å²) in [6.07, 6.45) is 1.61. The molecule has 8 nitrogen and oxygen atoms in total. The third kappa shape index (κ3) is 4.92. The minimum atomic E-state index is -0.685. The van der Waals surface area contributed by atoms with Gasteiger partial charge in [-0.3, -0.25) is 14.4 Å². The number of imidazole rings is 1. The van der Waals surface area contributed by atoms with Gasteiger partial charge in [0, 0.05) is 25.2 Å². The van der Waals surface area contributed by atoms with Gasteiger partial charge >= 0.3 is 11.8 Å². The summed E-state index contributed by atoms with van der Waals surface area (Å²) in [5.41, 5.74) is 2.13.